The molecule has 0 unspecified atom stereocenters. The van der Waals surface area contributed by atoms with Crippen molar-refractivity contribution in [3.8, 4) is 0 Å². The van der Waals surface area contributed by atoms with E-state index in [1.54, 1.807) is 0 Å². The fourth-order valence-corrected chi connectivity index (χ4v) is 2.55. The van der Waals surface area contributed by atoms with Crippen LogP contribution in [-0.4, -0.2) is 15.6 Å². The molecule has 0 heterocycles. The second kappa shape index (κ2) is 8.02. The highest BCUT2D eigenvalue weighted by Gasteiger charge is 2.03. The highest BCUT2D eigenvalue weighted by Crippen LogP contribution is 2.01. The molecule has 0 aliphatic rings. The molecule has 0 saturated carbocycles. The van der Waals surface area contributed by atoms with Crippen LogP contribution in [0.1, 0.15) is 26.7 Å². The largest absolute Gasteiger partial charge is 0.420 e. The van der Waals surface area contributed by atoms with Gasteiger partial charge in [0, 0.05) is 6.61 Å². The maximum atomic E-state index is 5.73. The minimum atomic E-state index is -0.769. The molecule has 0 aromatic rings. The van der Waals surface area contributed by atoms with Crippen LogP contribution in [0.3, 0.4) is 0 Å². The summed E-state index contributed by atoms with van der Waals surface area (Å²) in [5, 5.41) is 0. The Morgan fingerprint density at radius 3 is 2.45 bits per heavy atom. The van der Waals surface area contributed by atoms with Crippen molar-refractivity contribution in [2.75, 3.05) is 6.61 Å². The van der Waals surface area contributed by atoms with Gasteiger partial charge in [-0.2, -0.15) is 0 Å². The van der Waals surface area contributed by atoms with E-state index in [1.807, 2.05) is 6.08 Å². The fraction of sp³-hybridized carbons (Fsp3) is 0.778. The third kappa shape index (κ3) is 6.32. The van der Waals surface area contributed by atoms with Crippen molar-refractivity contribution < 1.29 is 4.43 Å². The summed E-state index contributed by atoms with van der Waals surface area (Å²) in [6, 6.07) is 2.54. The molecule has 0 amide bonds. The van der Waals surface area contributed by atoms with Crippen molar-refractivity contribution in [1.82, 2.24) is 0 Å². The van der Waals surface area contributed by atoms with E-state index in [4.69, 9.17) is 4.43 Å². The van der Waals surface area contributed by atoms with Gasteiger partial charge in [-0.05, 0) is 24.9 Å². The van der Waals surface area contributed by atoms with Gasteiger partial charge >= 0.3 is 0 Å². The van der Waals surface area contributed by atoms with Crippen molar-refractivity contribution in [2.24, 2.45) is 0 Å². The second-order valence-electron chi connectivity index (χ2n) is 2.74. The Kier molecular flexibility index (Phi) is 7.96. The van der Waals surface area contributed by atoms with Crippen molar-refractivity contribution in [2.45, 2.75) is 38.8 Å². The van der Waals surface area contributed by atoms with Crippen LogP contribution < -0.4 is 0 Å². The molecule has 0 fully saturated rings. The summed E-state index contributed by atoms with van der Waals surface area (Å²) in [5.74, 6) is 0. The summed E-state index contributed by atoms with van der Waals surface area (Å²) in [6.45, 7) is 9.08. The average molecular weight is 172 g/mol. The first-order valence-corrected chi connectivity index (χ1v) is 6.68. The number of hydrogen-bond acceptors (Lipinski definition) is 1. The quantitative estimate of drug-likeness (QED) is 0.326. The Morgan fingerprint density at radius 1 is 1.36 bits per heavy atom. The molecule has 0 aliphatic heterocycles. The lowest BCUT2D eigenvalue weighted by Gasteiger charge is -2.10. The Balaban J connectivity index is 3.13. The summed E-state index contributed by atoms with van der Waals surface area (Å²) in [5.41, 5.74) is 0. The van der Waals surface area contributed by atoms with E-state index >= 15 is 0 Å². The van der Waals surface area contributed by atoms with Gasteiger partial charge in [0.05, 0.1) is 0 Å². The molecule has 0 bridgehead atoms. The first-order valence-electron chi connectivity index (χ1n) is 4.57. The van der Waals surface area contributed by atoms with Gasteiger partial charge < -0.3 is 4.43 Å². The molecule has 0 spiro atoms. The summed E-state index contributed by atoms with van der Waals surface area (Å²) in [4.78, 5) is 0. The molecule has 2 heteroatoms. The molecule has 0 aromatic carbocycles. The zero-order valence-electron chi connectivity index (χ0n) is 7.81. The zero-order valence-corrected chi connectivity index (χ0v) is 8.96. The standard InChI is InChI=1S/C9H20OSi/c1-4-7-8-9-10-11(5-2)6-3/h4,11H,1,5-9H2,2-3H3. The first-order chi connectivity index (χ1) is 5.35. The van der Waals surface area contributed by atoms with Crippen LogP contribution >= 0.6 is 0 Å². The molecule has 0 aliphatic carbocycles. The first kappa shape index (κ1) is 10.9. The van der Waals surface area contributed by atoms with Crippen molar-refractivity contribution in [3.05, 3.63) is 12.7 Å². The van der Waals surface area contributed by atoms with Gasteiger partial charge in [-0.3, -0.25) is 0 Å². The maximum Gasteiger partial charge on any atom is 0.176 e. The number of hydrogen-bond donors (Lipinski definition) is 0. The molecule has 0 N–H and O–H groups in total. The van der Waals surface area contributed by atoms with Crippen molar-refractivity contribution in [3.63, 3.8) is 0 Å². The molecule has 0 aromatic heterocycles. The van der Waals surface area contributed by atoms with E-state index in [9.17, 15) is 0 Å². The van der Waals surface area contributed by atoms with Gasteiger partial charge in [-0.1, -0.05) is 19.9 Å². The van der Waals surface area contributed by atoms with E-state index in [0.717, 1.165) is 19.4 Å². The second-order valence-corrected chi connectivity index (χ2v) is 5.95. The lowest BCUT2D eigenvalue weighted by Crippen LogP contribution is -2.15. The highest BCUT2D eigenvalue weighted by atomic mass is 28.3. The van der Waals surface area contributed by atoms with E-state index in [0.29, 0.717) is 0 Å². The zero-order chi connectivity index (χ0) is 8.53. The van der Waals surface area contributed by atoms with Gasteiger partial charge in [0.25, 0.3) is 0 Å². The lowest BCUT2D eigenvalue weighted by molar-refractivity contribution is 0.314. The van der Waals surface area contributed by atoms with Crippen LogP contribution in [0.2, 0.25) is 12.1 Å². The van der Waals surface area contributed by atoms with Gasteiger partial charge in [0.1, 0.15) is 0 Å². The number of rotatable bonds is 7. The predicted octanol–water partition coefficient (Wildman–Crippen LogP) is 2.73. The van der Waals surface area contributed by atoms with Gasteiger partial charge in [-0.25, -0.2) is 0 Å². The Hall–Kier alpha value is -0.0831. The van der Waals surface area contributed by atoms with Gasteiger partial charge in [-0.15, -0.1) is 6.58 Å². The van der Waals surface area contributed by atoms with Crippen LogP contribution in [0.15, 0.2) is 12.7 Å². The van der Waals surface area contributed by atoms with Crippen LogP contribution in [0.4, 0.5) is 0 Å². The van der Waals surface area contributed by atoms with Crippen LogP contribution in [-0.2, 0) is 4.43 Å². The summed E-state index contributed by atoms with van der Waals surface area (Å²) in [7, 11) is -0.769. The minimum Gasteiger partial charge on any atom is -0.420 e. The SMILES string of the molecule is C=CCCCO[SiH](CC)CC. The highest BCUT2D eigenvalue weighted by molar-refractivity contribution is 6.51. The summed E-state index contributed by atoms with van der Waals surface area (Å²) in [6.07, 6.45) is 4.19. The van der Waals surface area contributed by atoms with E-state index in [-0.39, 0.29) is 0 Å². The Bertz CT molecular complexity index is 89.6. The topological polar surface area (TPSA) is 9.23 Å². The number of allylic oxidation sites excluding steroid dienone is 1. The van der Waals surface area contributed by atoms with Crippen LogP contribution in [0.5, 0.6) is 0 Å². The smallest absolute Gasteiger partial charge is 0.176 e. The average Bonchev–Trinajstić information content (AvgIpc) is 2.05. The van der Waals surface area contributed by atoms with E-state index < -0.39 is 9.04 Å². The molecule has 11 heavy (non-hydrogen) atoms. The minimum absolute atomic E-state index is 0.769. The lowest BCUT2D eigenvalue weighted by atomic mass is 10.3. The van der Waals surface area contributed by atoms with Crippen molar-refractivity contribution >= 4 is 9.04 Å². The van der Waals surface area contributed by atoms with Crippen LogP contribution in [0, 0.1) is 0 Å². The maximum absolute atomic E-state index is 5.73. The van der Waals surface area contributed by atoms with Crippen molar-refractivity contribution in [1.29, 1.82) is 0 Å². The molecule has 0 rings (SSSR count). The molecular formula is C9H20OSi. The normalized spacial score (nSPS) is 10.5. The fourth-order valence-electron chi connectivity index (χ4n) is 1.00. The molecule has 66 valence electrons. The molecule has 0 radical (unpaired) electrons. The number of unbranched alkanes of at least 4 members (excludes halogenated alkanes) is 1. The van der Waals surface area contributed by atoms with Gasteiger partial charge in [0.15, 0.2) is 9.04 Å². The van der Waals surface area contributed by atoms with E-state index in [2.05, 4.69) is 20.4 Å². The molecule has 0 saturated heterocycles. The Morgan fingerprint density at radius 2 is 2.00 bits per heavy atom. The third-order valence-corrected chi connectivity index (χ3v) is 4.35. The summed E-state index contributed by atoms with van der Waals surface area (Å²) >= 11 is 0. The molecule has 0 atom stereocenters. The molecular weight excluding hydrogens is 152 g/mol. The van der Waals surface area contributed by atoms with Crippen LogP contribution in [0.25, 0.3) is 0 Å². The predicted molar refractivity (Wildman–Crippen MR) is 53.5 cm³/mol. The third-order valence-electron chi connectivity index (χ3n) is 1.82. The Labute approximate surface area is 72.2 Å². The monoisotopic (exact) mass is 172 g/mol. The van der Waals surface area contributed by atoms with Gasteiger partial charge in [0.2, 0.25) is 0 Å². The summed E-state index contributed by atoms with van der Waals surface area (Å²) < 4.78 is 5.73. The molecule has 1 nitrogen and oxygen atoms in total. The van der Waals surface area contributed by atoms with E-state index in [1.165, 1.54) is 12.1 Å².